The molecule has 1 aromatic carbocycles. The van der Waals surface area contributed by atoms with Crippen molar-refractivity contribution < 1.29 is 15.0 Å². The fourth-order valence-corrected chi connectivity index (χ4v) is 2.29. The first kappa shape index (κ1) is 17.5. The van der Waals surface area contributed by atoms with Gasteiger partial charge in [0.2, 0.25) is 0 Å². The zero-order valence-corrected chi connectivity index (χ0v) is 12.7. The first-order valence-corrected chi connectivity index (χ1v) is 7.89. The molecular weight excluding hydrogens is 266 g/mol. The first-order valence-electron chi connectivity index (χ1n) is 7.89. The van der Waals surface area contributed by atoms with Crippen molar-refractivity contribution in [2.75, 3.05) is 6.54 Å². The van der Waals surface area contributed by atoms with Gasteiger partial charge in [-0.2, -0.15) is 0 Å². The van der Waals surface area contributed by atoms with Gasteiger partial charge in [0, 0.05) is 18.5 Å². The maximum absolute atomic E-state index is 10.3. The number of benzene rings is 1. The van der Waals surface area contributed by atoms with Gasteiger partial charge in [-0.3, -0.25) is 4.79 Å². The Morgan fingerprint density at radius 1 is 0.952 bits per heavy atom. The lowest BCUT2D eigenvalue weighted by atomic mass is 10.1. The smallest absolute Gasteiger partial charge is 0.303 e. The molecule has 21 heavy (non-hydrogen) atoms. The summed E-state index contributed by atoms with van der Waals surface area (Å²) in [6, 6.07) is 7.40. The maximum Gasteiger partial charge on any atom is 0.303 e. The largest absolute Gasteiger partial charge is 0.508 e. The molecule has 1 aromatic rings. The zero-order chi connectivity index (χ0) is 15.3. The molecule has 0 radical (unpaired) electrons. The highest BCUT2D eigenvalue weighted by Gasteiger charge is 1.99. The van der Waals surface area contributed by atoms with Crippen LogP contribution in [0.5, 0.6) is 5.75 Å². The first-order chi connectivity index (χ1) is 10.2. The summed E-state index contributed by atoms with van der Waals surface area (Å²) in [6.07, 6.45) is 8.02. The van der Waals surface area contributed by atoms with Gasteiger partial charge in [0.05, 0.1) is 0 Å². The molecule has 0 unspecified atom stereocenters. The van der Waals surface area contributed by atoms with Gasteiger partial charge in [0.15, 0.2) is 0 Å². The third kappa shape index (κ3) is 9.08. The van der Waals surface area contributed by atoms with Crippen molar-refractivity contribution in [3.63, 3.8) is 0 Å². The number of hydrogen-bond acceptors (Lipinski definition) is 3. The third-order valence-electron chi connectivity index (χ3n) is 3.55. The van der Waals surface area contributed by atoms with E-state index in [2.05, 4.69) is 5.32 Å². The maximum atomic E-state index is 10.3. The average molecular weight is 293 g/mol. The van der Waals surface area contributed by atoms with E-state index in [1.54, 1.807) is 6.07 Å². The minimum atomic E-state index is -0.689. The molecule has 0 atom stereocenters. The van der Waals surface area contributed by atoms with Gasteiger partial charge in [0.25, 0.3) is 0 Å². The molecule has 0 spiro atoms. The van der Waals surface area contributed by atoms with Crippen molar-refractivity contribution in [3.8, 4) is 5.75 Å². The van der Waals surface area contributed by atoms with E-state index in [0.29, 0.717) is 18.7 Å². The van der Waals surface area contributed by atoms with E-state index < -0.39 is 5.97 Å². The van der Waals surface area contributed by atoms with Crippen molar-refractivity contribution in [1.29, 1.82) is 0 Å². The number of aliphatic carboxylic acids is 1. The minimum Gasteiger partial charge on any atom is -0.508 e. The van der Waals surface area contributed by atoms with Crippen LogP contribution in [0.2, 0.25) is 0 Å². The molecule has 0 saturated carbocycles. The van der Waals surface area contributed by atoms with Crippen molar-refractivity contribution in [3.05, 3.63) is 29.8 Å². The van der Waals surface area contributed by atoms with Crippen LogP contribution in [-0.4, -0.2) is 22.7 Å². The predicted octanol–water partition coefficient (Wildman–Crippen LogP) is 3.69. The van der Waals surface area contributed by atoms with Gasteiger partial charge >= 0.3 is 5.97 Å². The Labute approximate surface area is 127 Å². The van der Waals surface area contributed by atoms with E-state index >= 15 is 0 Å². The number of carbonyl (C=O) groups is 1. The van der Waals surface area contributed by atoms with Gasteiger partial charge in [0.1, 0.15) is 5.75 Å². The van der Waals surface area contributed by atoms with E-state index in [-0.39, 0.29) is 0 Å². The number of phenolic OH excluding ortho intramolecular Hbond substituents is 1. The van der Waals surface area contributed by atoms with Crippen molar-refractivity contribution in [2.45, 2.75) is 57.9 Å². The van der Waals surface area contributed by atoms with Crippen LogP contribution >= 0.6 is 0 Å². The van der Waals surface area contributed by atoms with E-state index in [1.807, 2.05) is 18.2 Å². The number of carboxylic acids is 1. The molecule has 0 aliphatic carbocycles. The number of rotatable bonds is 12. The fourth-order valence-electron chi connectivity index (χ4n) is 2.29. The molecule has 3 N–H and O–H groups in total. The van der Waals surface area contributed by atoms with Crippen LogP contribution < -0.4 is 5.32 Å². The molecule has 0 heterocycles. The Bertz CT molecular complexity index is 407. The molecule has 0 aliphatic heterocycles. The fraction of sp³-hybridized carbons (Fsp3) is 0.588. The molecule has 0 aromatic heterocycles. The van der Waals surface area contributed by atoms with E-state index in [1.165, 1.54) is 19.3 Å². The van der Waals surface area contributed by atoms with Gasteiger partial charge in [-0.15, -0.1) is 0 Å². The summed E-state index contributed by atoms with van der Waals surface area (Å²) in [5.41, 5.74) is 0.941. The van der Waals surface area contributed by atoms with Gasteiger partial charge in [-0.05, 0) is 25.5 Å². The van der Waals surface area contributed by atoms with Crippen molar-refractivity contribution >= 4 is 5.97 Å². The second kappa shape index (κ2) is 11.1. The van der Waals surface area contributed by atoms with Crippen LogP contribution in [0.25, 0.3) is 0 Å². The van der Waals surface area contributed by atoms with Gasteiger partial charge in [-0.1, -0.05) is 50.3 Å². The second-order valence-corrected chi connectivity index (χ2v) is 5.42. The zero-order valence-electron chi connectivity index (χ0n) is 12.7. The number of unbranched alkanes of at least 4 members (excludes halogenated alkanes) is 6. The lowest BCUT2D eigenvalue weighted by molar-refractivity contribution is -0.137. The summed E-state index contributed by atoms with van der Waals surface area (Å²) in [7, 11) is 0. The molecule has 1 rings (SSSR count). The lowest BCUT2D eigenvalue weighted by Crippen LogP contribution is -2.14. The number of para-hydroxylation sites is 1. The Balaban J connectivity index is 1.87. The third-order valence-corrected chi connectivity index (χ3v) is 3.55. The number of nitrogens with one attached hydrogen (secondary N) is 1. The molecule has 0 saturated heterocycles. The van der Waals surface area contributed by atoms with E-state index in [4.69, 9.17) is 5.11 Å². The highest BCUT2D eigenvalue weighted by Crippen LogP contribution is 2.14. The Kier molecular flexibility index (Phi) is 9.29. The van der Waals surface area contributed by atoms with Gasteiger partial charge in [-0.25, -0.2) is 0 Å². The summed E-state index contributed by atoms with van der Waals surface area (Å²) >= 11 is 0. The molecule has 0 fully saturated rings. The molecular formula is C17H27NO3. The summed E-state index contributed by atoms with van der Waals surface area (Å²) in [4.78, 5) is 10.3. The topological polar surface area (TPSA) is 69.6 Å². The summed E-state index contributed by atoms with van der Waals surface area (Å²) in [5, 5.41) is 21.5. The Morgan fingerprint density at radius 2 is 1.57 bits per heavy atom. The van der Waals surface area contributed by atoms with Crippen LogP contribution in [0.15, 0.2) is 24.3 Å². The standard InChI is InChI=1S/C17H27NO3/c19-16-11-8-7-10-15(16)14-18-13-9-5-3-1-2-4-6-12-17(20)21/h7-8,10-11,18-19H,1-6,9,12-14H2,(H,20,21). The van der Waals surface area contributed by atoms with Crippen LogP contribution in [0.1, 0.15) is 56.9 Å². The van der Waals surface area contributed by atoms with Crippen LogP contribution in [0, 0.1) is 0 Å². The summed E-state index contributed by atoms with van der Waals surface area (Å²) < 4.78 is 0. The van der Waals surface area contributed by atoms with Crippen LogP contribution in [0.3, 0.4) is 0 Å². The Morgan fingerprint density at radius 3 is 2.24 bits per heavy atom. The molecule has 4 nitrogen and oxygen atoms in total. The second-order valence-electron chi connectivity index (χ2n) is 5.42. The molecule has 0 aliphatic rings. The average Bonchev–Trinajstić information content (AvgIpc) is 2.46. The number of aromatic hydroxyl groups is 1. The van der Waals surface area contributed by atoms with Crippen molar-refractivity contribution in [2.24, 2.45) is 0 Å². The molecule has 118 valence electrons. The summed E-state index contributed by atoms with van der Waals surface area (Å²) in [5.74, 6) is -0.336. The van der Waals surface area contributed by atoms with Crippen molar-refractivity contribution in [1.82, 2.24) is 5.32 Å². The highest BCUT2D eigenvalue weighted by atomic mass is 16.4. The van der Waals surface area contributed by atoms with E-state index in [0.717, 1.165) is 37.8 Å². The predicted molar refractivity (Wildman–Crippen MR) is 84.4 cm³/mol. The minimum absolute atomic E-state index is 0.302. The summed E-state index contributed by atoms with van der Waals surface area (Å²) in [6.45, 7) is 1.68. The quantitative estimate of drug-likeness (QED) is 0.514. The molecule has 0 amide bonds. The molecule has 4 heteroatoms. The normalized spacial score (nSPS) is 10.7. The monoisotopic (exact) mass is 293 g/mol. The number of phenols is 1. The van der Waals surface area contributed by atoms with Gasteiger partial charge < -0.3 is 15.5 Å². The molecule has 0 bridgehead atoms. The lowest BCUT2D eigenvalue weighted by Gasteiger charge is -2.06. The number of carboxylic acid groups (broad SMARTS) is 1. The number of hydrogen-bond donors (Lipinski definition) is 3. The van der Waals surface area contributed by atoms with E-state index in [9.17, 15) is 9.90 Å². The highest BCUT2D eigenvalue weighted by molar-refractivity contribution is 5.66. The Hall–Kier alpha value is -1.55. The van der Waals surface area contributed by atoms with Crippen LogP contribution in [0.4, 0.5) is 0 Å². The SMILES string of the molecule is O=C(O)CCCCCCCCCNCc1ccccc1O. The van der Waals surface area contributed by atoms with Crippen LogP contribution in [-0.2, 0) is 11.3 Å².